The Morgan fingerprint density at radius 2 is 1.00 bits per heavy atom. The Morgan fingerprint density at radius 1 is 0.650 bits per heavy atom. The number of amides is 2. The van der Waals surface area contributed by atoms with Crippen molar-refractivity contribution in [1.29, 1.82) is 0 Å². The summed E-state index contributed by atoms with van der Waals surface area (Å²) in [5.74, 6) is 0. The third-order valence-electron chi connectivity index (χ3n) is 6.02. The minimum Gasteiger partial charge on any atom is -0.259 e. The number of hydrogen-bond acceptors (Lipinski definition) is 3. The van der Waals surface area contributed by atoms with Gasteiger partial charge in [0.1, 0.15) is 0 Å². The fourth-order valence-corrected chi connectivity index (χ4v) is 8.10. The lowest BCUT2D eigenvalue weighted by Crippen LogP contribution is -2.38. The number of carbonyl (C=O) groups is 1. The molecule has 0 N–H and O–H groups in total. The molecule has 40 heavy (non-hydrogen) atoms. The zero-order chi connectivity index (χ0) is 29.7. The molecule has 212 valence electrons. The molecule has 4 aromatic rings. The van der Waals surface area contributed by atoms with Crippen LogP contribution in [0.1, 0.15) is 51.3 Å². The van der Waals surface area contributed by atoms with Gasteiger partial charge in [-0.05, 0) is 79.1 Å². The van der Waals surface area contributed by atoms with Crippen LogP contribution in [-0.4, -0.2) is 6.03 Å². The Labute approximate surface area is 280 Å². The molecule has 0 bridgehead atoms. The number of carbonyl (C=O) groups excluding carboxylic acids is 1. The maximum atomic E-state index is 15.0. The summed E-state index contributed by atoms with van der Waals surface area (Å²) in [5.41, 5.74) is 1.88. The van der Waals surface area contributed by atoms with Gasteiger partial charge in [0.15, 0.2) is 0 Å². The molecule has 11 heteroatoms. The average Bonchev–Trinajstić information content (AvgIpc) is 3.43. The van der Waals surface area contributed by atoms with Gasteiger partial charge in [-0.15, -0.1) is 22.7 Å². The summed E-state index contributed by atoms with van der Waals surface area (Å²) in [6.07, 6.45) is 0. The molecule has 0 saturated heterocycles. The summed E-state index contributed by atoms with van der Waals surface area (Å²) in [5, 5.41) is 1.04. The fraction of sp³-hybridized carbons (Fsp3) is 0.276. The van der Waals surface area contributed by atoms with E-state index in [1.54, 1.807) is 64.0 Å². The molecule has 2 heterocycles. The normalized spacial score (nSPS) is 12.1. The highest BCUT2D eigenvalue weighted by molar-refractivity contribution is 9.11. The van der Waals surface area contributed by atoms with E-state index >= 15 is 4.79 Å². The number of anilines is 4. The van der Waals surface area contributed by atoms with Gasteiger partial charge in [-0.2, -0.15) is 0 Å². The summed E-state index contributed by atoms with van der Waals surface area (Å²) >= 11 is 37.0. The van der Waals surface area contributed by atoms with Gasteiger partial charge < -0.3 is 0 Å². The van der Waals surface area contributed by atoms with E-state index in [1.165, 1.54) is 4.90 Å². The molecule has 0 spiro atoms. The van der Waals surface area contributed by atoms with Gasteiger partial charge in [-0.3, -0.25) is 9.80 Å². The Bertz CT molecular complexity index is 1480. The molecule has 2 aromatic heterocycles. The largest absolute Gasteiger partial charge is 0.338 e. The Morgan fingerprint density at radius 3 is 1.32 bits per heavy atom. The zero-order valence-corrected chi connectivity index (χ0v) is 30.3. The molecule has 0 aliphatic heterocycles. The fourth-order valence-electron chi connectivity index (χ4n) is 3.86. The van der Waals surface area contributed by atoms with Crippen LogP contribution in [0, 0.1) is 0 Å². The maximum Gasteiger partial charge on any atom is 0.338 e. The third-order valence-corrected chi connectivity index (χ3v) is 12.1. The van der Waals surface area contributed by atoms with Crippen molar-refractivity contribution < 1.29 is 4.79 Å². The molecule has 0 atom stereocenters. The molecular formula is C29H26Br2Cl4N2OS2. The molecule has 4 rings (SSSR count). The predicted octanol–water partition coefficient (Wildman–Crippen LogP) is 13.6. The van der Waals surface area contributed by atoms with Gasteiger partial charge in [0, 0.05) is 9.75 Å². The van der Waals surface area contributed by atoms with E-state index in [9.17, 15) is 0 Å². The van der Waals surface area contributed by atoms with Gasteiger partial charge in [-0.25, -0.2) is 4.79 Å². The first kappa shape index (κ1) is 32.2. The topological polar surface area (TPSA) is 23.6 Å². The van der Waals surface area contributed by atoms with Crippen LogP contribution < -0.4 is 9.80 Å². The van der Waals surface area contributed by atoms with E-state index in [-0.39, 0.29) is 20.9 Å². The minimum absolute atomic E-state index is 0.130. The summed E-state index contributed by atoms with van der Waals surface area (Å²) in [6, 6.07) is 14.0. The SMILES string of the molecule is CC(C)(C)c1cc(N(C(=O)N(c2cccc(Cl)c2Cl)c2cccc(Cl)c2Cl)c2cc(C(C)(C)C)sc2Br)c(Br)s1. The van der Waals surface area contributed by atoms with E-state index in [2.05, 4.69) is 73.4 Å². The van der Waals surface area contributed by atoms with Crippen molar-refractivity contribution in [2.45, 2.75) is 52.4 Å². The summed E-state index contributed by atoms with van der Waals surface area (Å²) < 4.78 is 1.63. The van der Waals surface area contributed by atoms with Crippen molar-refractivity contribution in [3.63, 3.8) is 0 Å². The molecule has 0 aliphatic rings. The van der Waals surface area contributed by atoms with E-state index in [0.717, 1.165) is 17.3 Å². The Balaban J connectivity index is 2.05. The number of nitrogens with zero attached hydrogens (tertiary/aromatic N) is 2. The lowest BCUT2D eigenvalue weighted by atomic mass is 9.94. The second kappa shape index (κ2) is 12.1. The number of urea groups is 1. The first-order chi connectivity index (χ1) is 18.5. The van der Waals surface area contributed by atoms with Crippen LogP contribution in [0.25, 0.3) is 0 Å². The van der Waals surface area contributed by atoms with Crippen LogP contribution >= 0.6 is 101 Å². The molecule has 2 aromatic carbocycles. The summed E-state index contributed by atoms with van der Waals surface area (Å²) in [7, 11) is 0. The molecule has 2 amide bonds. The maximum absolute atomic E-state index is 15.0. The lowest BCUT2D eigenvalue weighted by molar-refractivity contribution is 0.255. The molecular weight excluding hydrogens is 758 g/mol. The third kappa shape index (κ3) is 6.42. The van der Waals surface area contributed by atoms with Gasteiger partial charge in [0.2, 0.25) is 0 Å². The zero-order valence-electron chi connectivity index (χ0n) is 22.5. The number of rotatable bonds is 4. The average molecular weight is 784 g/mol. The molecule has 0 aliphatic carbocycles. The van der Waals surface area contributed by atoms with Crippen molar-refractivity contribution >= 4 is 130 Å². The van der Waals surface area contributed by atoms with Crippen molar-refractivity contribution in [1.82, 2.24) is 0 Å². The number of thiophene rings is 2. The van der Waals surface area contributed by atoms with Crippen LogP contribution in [0.3, 0.4) is 0 Å². The summed E-state index contributed by atoms with van der Waals surface area (Å²) in [4.78, 5) is 20.4. The highest BCUT2D eigenvalue weighted by Gasteiger charge is 2.35. The van der Waals surface area contributed by atoms with Crippen molar-refractivity contribution in [2.24, 2.45) is 0 Å². The molecule has 0 radical (unpaired) electrons. The van der Waals surface area contributed by atoms with E-state index in [4.69, 9.17) is 46.4 Å². The monoisotopic (exact) mass is 780 g/mol. The Hall–Kier alpha value is -0.770. The van der Waals surface area contributed by atoms with Crippen LogP contribution in [-0.2, 0) is 10.8 Å². The first-order valence-corrected chi connectivity index (χ1v) is 16.9. The molecule has 0 unspecified atom stereocenters. The van der Waals surface area contributed by atoms with Crippen molar-refractivity contribution in [2.75, 3.05) is 9.80 Å². The van der Waals surface area contributed by atoms with Crippen LogP contribution in [0.4, 0.5) is 27.5 Å². The Kier molecular flexibility index (Phi) is 9.71. The van der Waals surface area contributed by atoms with E-state index in [0.29, 0.717) is 32.8 Å². The molecule has 3 nitrogen and oxygen atoms in total. The lowest BCUT2D eigenvalue weighted by Gasteiger charge is -2.32. The second-order valence-corrected chi connectivity index (χ2v) is 17.4. The van der Waals surface area contributed by atoms with Crippen molar-refractivity contribution in [3.8, 4) is 0 Å². The quantitative estimate of drug-likeness (QED) is 0.202. The van der Waals surface area contributed by atoms with Gasteiger partial charge in [0.25, 0.3) is 0 Å². The highest BCUT2D eigenvalue weighted by Crippen LogP contribution is 2.50. The molecule has 0 saturated carbocycles. The molecule has 0 fully saturated rings. The first-order valence-electron chi connectivity index (χ1n) is 12.1. The smallest absolute Gasteiger partial charge is 0.259 e. The predicted molar refractivity (Wildman–Crippen MR) is 184 cm³/mol. The standard InChI is InChI=1S/C29H26Br2Cl4N2OS2/c1-28(2,3)21-13-19(25(30)39-21)37(20-14-22(29(4,5)6)40-26(20)31)27(38)36(17-11-7-9-15(32)23(17)34)18-12-8-10-16(33)24(18)35/h7-14H,1-6H3. The van der Waals surface area contributed by atoms with E-state index < -0.39 is 6.03 Å². The number of hydrogen-bond donors (Lipinski definition) is 0. The van der Waals surface area contributed by atoms with Crippen molar-refractivity contribution in [3.05, 3.63) is 85.9 Å². The van der Waals surface area contributed by atoms with Gasteiger partial charge in [-0.1, -0.05) is 100 Å². The van der Waals surface area contributed by atoms with Crippen LogP contribution in [0.15, 0.2) is 56.1 Å². The minimum atomic E-state index is -0.411. The number of halogens is 6. The van der Waals surface area contributed by atoms with Gasteiger partial charge in [0.05, 0.1) is 50.4 Å². The highest BCUT2D eigenvalue weighted by atomic mass is 79.9. The van der Waals surface area contributed by atoms with Crippen LogP contribution in [0.5, 0.6) is 0 Å². The second-order valence-electron chi connectivity index (χ2n) is 11.1. The van der Waals surface area contributed by atoms with Gasteiger partial charge >= 0.3 is 6.03 Å². The van der Waals surface area contributed by atoms with Crippen LogP contribution in [0.2, 0.25) is 20.1 Å². The summed E-state index contributed by atoms with van der Waals surface area (Å²) in [6.45, 7) is 12.9. The number of benzene rings is 2. The van der Waals surface area contributed by atoms with E-state index in [1.807, 2.05) is 12.1 Å².